The van der Waals surface area contributed by atoms with Gasteiger partial charge in [-0.1, -0.05) is 97.1 Å². The van der Waals surface area contributed by atoms with Crippen molar-refractivity contribution in [2.45, 2.75) is 12.1 Å². The molecule has 0 spiro atoms. The van der Waals surface area contributed by atoms with Crippen molar-refractivity contribution in [2.24, 2.45) is 0 Å². The van der Waals surface area contributed by atoms with Gasteiger partial charge in [-0.2, -0.15) is 4.80 Å². The number of hydrogen-bond donors (Lipinski definition) is 1. The molecule has 0 aliphatic heterocycles. The van der Waals surface area contributed by atoms with Crippen LogP contribution in [0.1, 0.15) is 33.7 Å². The van der Waals surface area contributed by atoms with Gasteiger partial charge in [0, 0.05) is 11.8 Å². The zero-order chi connectivity index (χ0) is 23.2. The molecule has 0 unspecified atom stereocenters. The van der Waals surface area contributed by atoms with Gasteiger partial charge in [0.1, 0.15) is 11.7 Å². The zero-order valence-corrected chi connectivity index (χ0v) is 18.3. The molecule has 5 rings (SSSR count). The predicted molar refractivity (Wildman–Crippen MR) is 129 cm³/mol. The maximum Gasteiger partial charge on any atom is 0.270 e. The van der Waals surface area contributed by atoms with E-state index in [9.17, 15) is 4.79 Å². The van der Waals surface area contributed by atoms with Crippen LogP contribution < -0.4 is 5.32 Å². The lowest BCUT2D eigenvalue weighted by Gasteiger charge is -2.28. The maximum atomic E-state index is 13.2. The number of aromatic nitrogens is 5. The second-order valence-electron chi connectivity index (χ2n) is 7.73. The number of carbonyl (C=O) groups excluding carboxylic acids is 1. The summed E-state index contributed by atoms with van der Waals surface area (Å²) in [5.41, 5.74) is 3.06. The quantitative estimate of drug-likeness (QED) is 0.398. The van der Waals surface area contributed by atoms with Crippen LogP contribution in [0.15, 0.2) is 115 Å². The van der Waals surface area contributed by atoms with E-state index in [0.717, 1.165) is 16.7 Å². The monoisotopic (exact) mass is 446 g/mol. The molecule has 1 amide bonds. The Morgan fingerprint density at radius 2 is 1.35 bits per heavy atom. The van der Waals surface area contributed by atoms with Gasteiger partial charge in [0.2, 0.25) is 5.82 Å². The van der Waals surface area contributed by atoms with Crippen molar-refractivity contribution >= 4 is 5.91 Å². The fraction of sp³-hybridized carbons (Fsp3) is 0.0741. The van der Waals surface area contributed by atoms with Gasteiger partial charge >= 0.3 is 0 Å². The van der Waals surface area contributed by atoms with Crippen LogP contribution in [0, 0.1) is 0 Å². The largest absolute Gasteiger partial charge is 0.341 e. The third-order valence-corrected chi connectivity index (χ3v) is 5.51. The van der Waals surface area contributed by atoms with Crippen molar-refractivity contribution in [3.8, 4) is 11.4 Å². The van der Waals surface area contributed by atoms with Crippen LogP contribution in [0.5, 0.6) is 0 Å². The molecule has 166 valence electrons. The van der Waals surface area contributed by atoms with Crippen molar-refractivity contribution in [2.75, 3.05) is 0 Å². The third-order valence-electron chi connectivity index (χ3n) is 5.51. The second kappa shape index (κ2) is 9.87. The van der Waals surface area contributed by atoms with Crippen molar-refractivity contribution < 1.29 is 4.79 Å². The van der Waals surface area contributed by atoms with Crippen molar-refractivity contribution in [3.05, 3.63) is 132 Å². The van der Waals surface area contributed by atoms with Gasteiger partial charge in [-0.25, -0.2) is 0 Å². The van der Waals surface area contributed by atoms with E-state index < -0.39 is 12.1 Å². The van der Waals surface area contributed by atoms with Crippen LogP contribution in [0.4, 0.5) is 0 Å². The number of amides is 1. The molecule has 5 aromatic rings. The molecule has 34 heavy (non-hydrogen) atoms. The molecule has 2 aromatic heterocycles. The summed E-state index contributed by atoms with van der Waals surface area (Å²) in [6.45, 7) is 0. The first kappa shape index (κ1) is 21.2. The molecule has 0 bridgehead atoms. The average Bonchev–Trinajstić information content (AvgIpc) is 3.40. The van der Waals surface area contributed by atoms with Gasteiger partial charge in [-0.3, -0.25) is 9.78 Å². The minimum atomic E-state index is -0.476. The van der Waals surface area contributed by atoms with E-state index in [1.165, 1.54) is 0 Å². The highest BCUT2D eigenvalue weighted by atomic mass is 16.2. The molecule has 2 heterocycles. The van der Waals surface area contributed by atoms with Crippen LogP contribution in [0.2, 0.25) is 0 Å². The average molecular weight is 447 g/mol. The molecule has 0 radical (unpaired) electrons. The van der Waals surface area contributed by atoms with E-state index in [1.807, 2.05) is 91.0 Å². The number of carbonyl (C=O) groups is 1. The standard InChI is InChI=1S/C27H22N6O/c34-27(23-18-10-11-19-28-23)29-24(20-12-4-1-5-13-20)25(21-14-6-2-7-15-21)33-31-26(30-32-33)22-16-8-3-9-17-22/h1-19,24-25H,(H,29,34)/t24-,25-/m0/s1. The highest BCUT2D eigenvalue weighted by molar-refractivity contribution is 5.92. The Bertz CT molecular complexity index is 1340. The highest BCUT2D eigenvalue weighted by Gasteiger charge is 2.31. The van der Waals surface area contributed by atoms with E-state index in [-0.39, 0.29) is 5.91 Å². The van der Waals surface area contributed by atoms with Crippen LogP contribution in [0.25, 0.3) is 11.4 Å². The highest BCUT2D eigenvalue weighted by Crippen LogP contribution is 2.32. The fourth-order valence-corrected chi connectivity index (χ4v) is 3.87. The van der Waals surface area contributed by atoms with Gasteiger partial charge in [0.05, 0.1) is 6.04 Å². The number of pyridine rings is 1. The molecule has 3 aromatic carbocycles. The van der Waals surface area contributed by atoms with Gasteiger partial charge in [0.15, 0.2) is 0 Å². The molecular formula is C27H22N6O. The topological polar surface area (TPSA) is 85.6 Å². The molecule has 0 fully saturated rings. The van der Waals surface area contributed by atoms with Crippen LogP contribution in [-0.2, 0) is 0 Å². The van der Waals surface area contributed by atoms with Crippen molar-refractivity contribution in [3.63, 3.8) is 0 Å². The summed E-state index contributed by atoms with van der Waals surface area (Å²) in [6.07, 6.45) is 1.60. The first-order valence-electron chi connectivity index (χ1n) is 11.0. The SMILES string of the molecule is O=C(N[C@@H](c1ccccc1)[C@H](c1ccccc1)n1nnc(-c2ccccc2)n1)c1ccccn1. The van der Waals surface area contributed by atoms with Gasteiger partial charge in [-0.05, 0) is 28.5 Å². The van der Waals surface area contributed by atoms with Crippen LogP contribution in [-0.4, -0.2) is 31.1 Å². The summed E-state index contributed by atoms with van der Waals surface area (Å²) in [4.78, 5) is 19.0. The Hall–Kier alpha value is -4.65. The summed E-state index contributed by atoms with van der Waals surface area (Å²) < 4.78 is 0. The molecule has 2 atom stereocenters. The second-order valence-corrected chi connectivity index (χ2v) is 7.73. The van der Waals surface area contributed by atoms with Crippen LogP contribution >= 0.6 is 0 Å². The van der Waals surface area contributed by atoms with E-state index in [4.69, 9.17) is 5.10 Å². The summed E-state index contributed by atoms with van der Waals surface area (Å²) in [5.74, 6) is 0.239. The van der Waals surface area contributed by atoms with E-state index in [0.29, 0.717) is 11.5 Å². The molecule has 1 N–H and O–H groups in total. The van der Waals surface area contributed by atoms with Gasteiger partial charge < -0.3 is 5.32 Å². The molecular weight excluding hydrogens is 424 g/mol. The van der Waals surface area contributed by atoms with Crippen molar-refractivity contribution in [1.82, 2.24) is 30.5 Å². The number of benzene rings is 3. The number of nitrogens with one attached hydrogen (secondary N) is 1. The molecule has 7 nitrogen and oxygen atoms in total. The Labute approximate surface area is 197 Å². The molecule has 0 saturated heterocycles. The Morgan fingerprint density at radius 3 is 2.00 bits per heavy atom. The first-order chi connectivity index (χ1) is 16.8. The Morgan fingerprint density at radius 1 is 0.735 bits per heavy atom. The lowest BCUT2D eigenvalue weighted by Crippen LogP contribution is -2.36. The maximum absolute atomic E-state index is 13.2. The third kappa shape index (κ3) is 4.59. The molecule has 0 aliphatic carbocycles. The van der Waals surface area contributed by atoms with Crippen molar-refractivity contribution in [1.29, 1.82) is 0 Å². The Kier molecular flexibility index (Phi) is 6.16. The fourth-order valence-electron chi connectivity index (χ4n) is 3.87. The Balaban J connectivity index is 1.60. The lowest BCUT2D eigenvalue weighted by molar-refractivity contribution is 0.0919. The number of tetrazole rings is 1. The summed E-state index contributed by atoms with van der Waals surface area (Å²) in [6, 6.07) is 33.7. The molecule has 0 aliphatic rings. The van der Waals surface area contributed by atoms with E-state index in [2.05, 4.69) is 20.6 Å². The summed E-state index contributed by atoms with van der Waals surface area (Å²) in [7, 11) is 0. The normalized spacial score (nSPS) is 12.6. The number of rotatable bonds is 7. The molecule has 7 heteroatoms. The summed E-state index contributed by atoms with van der Waals surface area (Å²) >= 11 is 0. The predicted octanol–water partition coefficient (Wildman–Crippen LogP) is 4.50. The number of hydrogen-bond acceptors (Lipinski definition) is 5. The number of nitrogens with zero attached hydrogens (tertiary/aromatic N) is 5. The summed E-state index contributed by atoms with van der Waals surface area (Å²) in [5, 5.41) is 16.6. The van der Waals surface area contributed by atoms with Gasteiger partial charge in [-0.15, -0.1) is 10.2 Å². The lowest BCUT2D eigenvalue weighted by atomic mass is 9.93. The van der Waals surface area contributed by atoms with Gasteiger partial charge in [0.25, 0.3) is 5.91 Å². The minimum absolute atomic E-state index is 0.279. The van der Waals surface area contributed by atoms with E-state index >= 15 is 0 Å². The van der Waals surface area contributed by atoms with Crippen LogP contribution in [0.3, 0.4) is 0 Å². The van der Waals surface area contributed by atoms with E-state index in [1.54, 1.807) is 29.2 Å². The smallest absolute Gasteiger partial charge is 0.270 e. The first-order valence-corrected chi connectivity index (χ1v) is 11.0. The minimum Gasteiger partial charge on any atom is -0.341 e. The zero-order valence-electron chi connectivity index (χ0n) is 18.3. The molecule has 0 saturated carbocycles.